The van der Waals surface area contributed by atoms with Crippen LogP contribution in [-0.2, 0) is 4.79 Å². The highest BCUT2D eigenvalue weighted by atomic mass is 35.5. The van der Waals surface area contributed by atoms with E-state index in [2.05, 4.69) is 10.6 Å². The Balaban J connectivity index is 0.00000300. The fourth-order valence-electron chi connectivity index (χ4n) is 3.42. The number of methoxy groups -OCH3 is 1. The summed E-state index contributed by atoms with van der Waals surface area (Å²) in [5.41, 5.74) is 7.08. The summed E-state index contributed by atoms with van der Waals surface area (Å²) in [6.45, 7) is 0. The molecule has 1 aliphatic rings. The number of amides is 2. The summed E-state index contributed by atoms with van der Waals surface area (Å²) in [5, 5.41) is 5.59. The first-order valence-electron chi connectivity index (χ1n) is 9.27. The lowest BCUT2D eigenvalue weighted by atomic mass is 9.85. The summed E-state index contributed by atoms with van der Waals surface area (Å²) >= 11 is 0. The molecule has 2 amide bonds. The average Bonchev–Trinajstić information content (AvgIpc) is 2.68. The summed E-state index contributed by atoms with van der Waals surface area (Å²) in [6, 6.07) is 10.4. The van der Waals surface area contributed by atoms with Crippen molar-refractivity contribution >= 4 is 35.6 Å². The number of carbonyl (C=O) groups is 2. The van der Waals surface area contributed by atoms with Crippen LogP contribution in [0.3, 0.4) is 0 Å². The smallest absolute Gasteiger partial charge is 0.255 e. The zero-order valence-corrected chi connectivity index (χ0v) is 16.9. The van der Waals surface area contributed by atoms with E-state index >= 15 is 0 Å². The Morgan fingerprint density at radius 1 is 1.14 bits per heavy atom. The van der Waals surface area contributed by atoms with Crippen LogP contribution in [0.25, 0.3) is 0 Å². The van der Waals surface area contributed by atoms with E-state index in [1.807, 2.05) is 0 Å². The Hall–Kier alpha value is -2.64. The molecule has 29 heavy (non-hydrogen) atoms. The van der Waals surface area contributed by atoms with E-state index < -0.39 is 11.7 Å². The van der Waals surface area contributed by atoms with E-state index in [1.165, 1.54) is 25.3 Å². The van der Waals surface area contributed by atoms with Crippen LogP contribution in [0.1, 0.15) is 36.0 Å². The summed E-state index contributed by atoms with van der Waals surface area (Å²) in [4.78, 5) is 24.9. The van der Waals surface area contributed by atoms with Crippen molar-refractivity contribution < 1.29 is 18.7 Å². The molecule has 2 unspecified atom stereocenters. The standard InChI is InChI=1S/C21H24FN3O3.ClH/c1-28-19-9-8-17(24-20(26)14-5-3-7-16(23)11-14)12-18(19)25-21(27)13-4-2-6-15(22)10-13;/h2,4,6,8-10,12,14,16H,3,5,7,11,23H2,1H3,(H,24,26)(H,25,27);1H. The normalized spacial score (nSPS) is 18.3. The van der Waals surface area contributed by atoms with E-state index in [1.54, 1.807) is 18.2 Å². The first-order chi connectivity index (χ1) is 13.5. The molecule has 156 valence electrons. The zero-order chi connectivity index (χ0) is 20.1. The lowest BCUT2D eigenvalue weighted by Gasteiger charge is -2.25. The van der Waals surface area contributed by atoms with Crippen LogP contribution in [0.4, 0.5) is 15.8 Å². The van der Waals surface area contributed by atoms with Crippen molar-refractivity contribution in [3.05, 3.63) is 53.8 Å². The van der Waals surface area contributed by atoms with Gasteiger partial charge in [0.2, 0.25) is 5.91 Å². The molecule has 0 aliphatic heterocycles. The maximum Gasteiger partial charge on any atom is 0.255 e. The number of benzene rings is 2. The molecule has 0 bridgehead atoms. The van der Waals surface area contributed by atoms with Crippen LogP contribution in [-0.4, -0.2) is 25.0 Å². The van der Waals surface area contributed by atoms with Crippen molar-refractivity contribution in [2.24, 2.45) is 11.7 Å². The molecule has 1 saturated carbocycles. The Labute approximate surface area is 175 Å². The number of hydrogen-bond acceptors (Lipinski definition) is 4. The lowest BCUT2D eigenvalue weighted by molar-refractivity contribution is -0.120. The van der Waals surface area contributed by atoms with E-state index in [9.17, 15) is 14.0 Å². The number of nitrogens with one attached hydrogen (secondary N) is 2. The minimum absolute atomic E-state index is 0. The van der Waals surface area contributed by atoms with Crippen molar-refractivity contribution in [3.63, 3.8) is 0 Å². The second-order valence-electron chi connectivity index (χ2n) is 6.99. The zero-order valence-electron chi connectivity index (χ0n) is 16.1. The topological polar surface area (TPSA) is 93.4 Å². The molecular formula is C21H25ClFN3O3. The van der Waals surface area contributed by atoms with E-state index in [-0.39, 0.29) is 35.8 Å². The fourth-order valence-corrected chi connectivity index (χ4v) is 3.42. The first-order valence-corrected chi connectivity index (χ1v) is 9.27. The Morgan fingerprint density at radius 2 is 1.93 bits per heavy atom. The molecule has 0 radical (unpaired) electrons. The highest BCUT2D eigenvalue weighted by Crippen LogP contribution is 2.30. The highest BCUT2D eigenvalue weighted by molar-refractivity contribution is 6.05. The number of carbonyl (C=O) groups excluding carboxylic acids is 2. The van der Waals surface area contributed by atoms with Crippen LogP contribution < -0.4 is 21.1 Å². The summed E-state index contributed by atoms with van der Waals surface area (Å²) in [7, 11) is 1.48. The van der Waals surface area contributed by atoms with Gasteiger partial charge in [-0.05, 0) is 55.7 Å². The number of halogens is 2. The van der Waals surface area contributed by atoms with Crippen LogP contribution in [0, 0.1) is 11.7 Å². The first kappa shape index (κ1) is 22.6. The number of ether oxygens (including phenoxy) is 1. The molecule has 6 nitrogen and oxygen atoms in total. The summed E-state index contributed by atoms with van der Waals surface area (Å²) < 4.78 is 18.6. The molecule has 0 saturated heterocycles. The van der Waals surface area contributed by atoms with Gasteiger partial charge in [-0.1, -0.05) is 12.5 Å². The molecule has 0 spiro atoms. The third kappa shape index (κ3) is 5.92. The van der Waals surface area contributed by atoms with Gasteiger partial charge >= 0.3 is 0 Å². The van der Waals surface area contributed by atoms with Crippen molar-refractivity contribution in [1.29, 1.82) is 0 Å². The van der Waals surface area contributed by atoms with Crippen LogP contribution in [0.2, 0.25) is 0 Å². The molecule has 1 aliphatic carbocycles. The lowest BCUT2D eigenvalue weighted by Crippen LogP contribution is -2.34. The summed E-state index contributed by atoms with van der Waals surface area (Å²) in [6.07, 6.45) is 3.38. The van der Waals surface area contributed by atoms with Gasteiger partial charge in [0.05, 0.1) is 12.8 Å². The predicted molar refractivity (Wildman–Crippen MR) is 113 cm³/mol. The van der Waals surface area contributed by atoms with Gasteiger partial charge in [-0.2, -0.15) is 0 Å². The van der Waals surface area contributed by atoms with Gasteiger partial charge in [0.25, 0.3) is 5.91 Å². The molecule has 2 aromatic carbocycles. The maximum atomic E-state index is 13.4. The molecule has 2 atom stereocenters. The molecule has 3 rings (SSSR count). The van der Waals surface area contributed by atoms with E-state index in [4.69, 9.17) is 10.5 Å². The average molecular weight is 422 g/mol. The van der Waals surface area contributed by atoms with Crippen molar-refractivity contribution in [1.82, 2.24) is 0 Å². The van der Waals surface area contributed by atoms with Gasteiger partial charge in [0, 0.05) is 23.2 Å². The summed E-state index contributed by atoms with van der Waals surface area (Å²) in [5.74, 6) is -0.729. The second-order valence-corrected chi connectivity index (χ2v) is 6.99. The molecule has 0 aromatic heterocycles. The van der Waals surface area contributed by atoms with Gasteiger partial charge in [0.1, 0.15) is 11.6 Å². The van der Waals surface area contributed by atoms with Gasteiger partial charge in [-0.15, -0.1) is 12.4 Å². The van der Waals surface area contributed by atoms with Crippen LogP contribution in [0.5, 0.6) is 5.75 Å². The molecule has 4 N–H and O–H groups in total. The number of nitrogens with two attached hydrogens (primary N) is 1. The predicted octanol–water partition coefficient (Wildman–Crippen LogP) is 3.96. The minimum Gasteiger partial charge on any atom is -0.495 e. The second kappa shape index (κ2) is 10.2. The highest BCUT2D eigenvalue weighted by Gasteiger charge is 2.25. The fraction of sp³-hybridized carbons (Fsp3) is 0.333. The van der Waals surface area contributed by atoms with Crippen LogP contribution in [0.15, 0.2) is 42.5 Å². The Bertz CT molecular complexity index is 878. The van der Waals surface area contributed by atoms with Crippen LogP contribution >= 0.6 is 12.4 Å². The third-order valence-electron chi connectivity index (χ3n) is 4.89. The Morgan fingerprint density at radius 3 is 2.62 bits per heavy atom. The molecular weight excluding hydrogens is 397 g/mol. The minimum atomic E-state index is -0.494. The van der Waals surface area contributed by atoms with Gasteiger partial charge in [-0.3, -0.25) is 9.59 Å². The Kier molecular flexibility index (Phi) is 7.99. The van der Waals surface area contributed by atoms with Crippen molar-refractivity contribution in [2.75, 3.05) is 17.7 Å². The number of rotatable bonds is 5. The van der Waals surface area contributed by atoms with Gasteiger partial charge in [0.15, 0.2) is 0 Å². The van der Waals surface area contributed by atoms with Gasteiger partial charge < -0.3 is 21.1 Å². The molecule has 8 heteroatoms. The monoisotopic (exact) mass is 421 g/mol. The third-order valence-corrected chi connectivity index (χ3v) is 4.89. The largest absolute Gasteiger partial charge is 0.495 e. The van der Waals surface area contributed by atoms with E-state index in [0.717, 1.165) is 25.3 Å². The van der Waals surface area contributed by atoms with E-state index in [0.29, 0.717) is 23.5 Å². The quantitative estimate of drug-likeness (QED) is 0.681. The number of hydrogen-bond donors (Lipinski definition) is 3. The number of anilines is 2. The molecule has 0 heterocycles. The van der Waals surface area contributed by atoms with Crippen molar-refractivity contribution in [2.45, 2.75) is 31.7 Å². The maximum absolute atomic E-state index is 13.4. The SMILES string of the molecule is COc1ccc(NC(=O)C2CCCC(N)C2)cc1NC(=O)c1cccc(F)c1.Cl. The van der Waals surface area contributed by atoms with Crippen molar-refractivity contribution in [3.8, 4) is 5.75 Å². The van der Waals surface area contributed by atoms with Gasteiger partial charge in [-0.25, -0.2) is 4.39 Å². The molecule has 1 fully saturated rings. The molecule has 2 aromatic rings.